The van der Waals surface area contributed by atoms with Crippen molar-refractivity contribution in [3.8, 4) is 5.75 Å². The highest BCUT2D eigenvalue weighted by Gasteiger charge is 2.18. The summed E-state index contributed by atoms with van der Waals surface area (Å²) in [4.78, 5) is 35.1. The predicted molar refractivity (Wildman–Crippen MR) is 97.2 cm³/mol. The molecule has 9 nitrogen and oxygen atoms in total. The number of carbonyl (C=O) groups is 3. The summed E-state index contributed by atoms with van der Waals surface area (Å²) in [5, 5.41) is 24.5. The molecule has 1 amide bonds. The Labute approximate surface area is 160 Å². The summed E-state index contributed by atoms with van der Waals surface area (Å²) >= 11 is 0. The highest BCUT2D eigenvalue weighted by molar-refractivity contribution is 6.04. The number of carboxylic acid groups (broad SMARTS) is 1. The van der Waals surface area contributed by atoms with E-state index in [0.29, 0.717) is 16.7 Å². The number of amides is 1. The lowest BCUT2D eigenvalue weighted by molar-refractivity contribution is -0.307. The number of rotatable bonds is 8. The van der Waals surface area contributed by atoms with Crippen LogP contribution in [0.5, 0.6) is 5.75 Å². The molecule has 1 atom stereocenters. The van der Waals surface area contributed by atoms with E-state index >= 15 is 0 Å². The monoisotopic (exact) mass is 384 g/mol. The molecule has 0 heterocycles. The Morgan fingerprint density at radius 2 is 1.61 bits per heavy atom. The SMILES string of the molecule is CC(NC(=O)c1ccc(/C(N)=N/O)cc1)C(=O)c1ccc(OCC(=O)[O-])cc1. The normalized spacial score (nSPS) is 12.1. The van der Waals surface area contributed by atoms with Crippen LogP contribution in [0.3, 0.4) is 0 Å². The number of carboxylic acids is 1. The van der Waals surface area contributed by atoms with Crippen LogP contribution in [0.25, 0.3) is 0 Å². The first-order valence-electron chi connectivity index (χ1n) is 8.17. The van der Waals surface area contributed by atoms with Crippen LogP contribution in [-0.2, 0) is 4.79 Å². The average molecular weight is 384 g/mol. The van der Waals surface area contributed by atoms with Gasteiger partial charge in [-0.05, 0) is 43.3 Å². The molecule has 2 aromatic rings. The maximum Gasteiger partial charge on any atom is 0.251 e. The Balaban J connectivity index is 1.99. The Kier molecular flexibility index (Phi) is 6.69. The van der Waals surface area contributed by atoms with Gasteiger partial charge in [-0.25, -0.2) is 0 Å². The van der Waals surface area contributed by atoms with Crippen LogP contribution in [0, 0.1) is 0 Å². The molecule has 1 unspecified atom stereocenters. The fourth-order valence-corrected chi connectivity index (χ4v) is 2.30. The van der Waals surface area contributed by atoms with Crippen molar-refractivity contribution in [3.63, 3.8) is 0 Å². The summed E-state index contributed by atoms with van der Waals surface area (Å²) in [6, 6.07) is 11.1. The molecule has 0 aliphatic carbocycles. The van der Waals surface area contributed by atoms with Crippen LogP contribution < -0.4 is 20.9 Å². The van der Waals surface area contributed by atoms with Crippen molar-refractivity contribution in [3.05, 3.63) is 65.2 Å². The second-order valence-electron chi connectivity index (χ2n) is 5.81. The average Bonchev–Trinajstić information content (AvgIpc) is 2.71. The molecule has 0 bridgehead atoms. The summed E-state index contributed by atoms with van der Waals surface area (Å²) in [7, 11) is 0. The number of nitrogens with one attached hydrogen (secondary N) is 1. The highest BCUT2D eigenvalue weighted by Crippen LogP contribution is 2.14. The molecule has 28 heavy (non-hydrogen) atoms. The van der Waals surface area contributed by atoms with Gasteiger partial charge >= 0.3 is 0 Å². The van der Waals surface area contributed by atoms with Crippen molar-refractivity contribution in [2.75, 3.05) is 6.61 Å². The third-order valence-corrected chi connectivity index (χ3v) is 3.79. The molecular formula is C19H18N3O6-. The molecule has 9 heteroatoms. The van der Waals surface area contributed by atoms with Gasteiger partial charge in [0.25, 0.3) is 5.91 Å². The number of nitrogens with two attached hydrogens (primary N) is 1. The number of nitrogens with zero attached hydrogens (tertiary/aromatic N) is 1. The van der Waals surface area contributed by atoms with Crippen molar-refractivity contribution in [2.24, 2.45) is 10.9 Å². The van der Waals surface area contributed by atoms with Crippen LogP contribution in [0.15, 0.2) is 53.7 Å². The summed E-state index contributed by atoms with van der Waals surface area (Å²) in [5.74, 6) is -1.93. The zero-order valence-electron chi connectivity index (χ0n) is 14.9. The number of benzene rings is 2. The van der Waals surface area contributed by atoms with Gasteiger partial charge < -0.3 is 30.9 Å². The van der Waals surface area contributed by atoms with E-state index in [-0.39, 0.29) is 17.4 Å². The number of oxime groups is 1. The van der Waals surface area contributed by atoms with Crippen molar-refractivity contribution in [2.45, 2.75) is 13.0 Å². The van der Waals surface area contributed by atoms with E-state index in [2.05, 4.69) is 10.5 Å². The maximum absolute atomic E-state index is 12.5. The van der Waals surface area contributed by atoms with Gasteiger partial charge in [-0.2, -0.15) is 0 Å². The second kappa shape index (κ2) is 9.17. The number of ketones is 1. The molecule has 0 aliphatic rings. The first kappa shape index (κ1) is 20.4. The van der Waals surface area contributed by atoms with Crippen LogP contribution in [0.1, 0.15) is 33.2 Å². The minimum Gasteiger partial charge on any atom is -0.546 e. The Hall–Kier alpha value is -3.88. The van der Waals surface area contributed by atoms with Gasteiger partial charge in [-0.1, -0.05) is 17.3 Å². The number of Topliss-reactive ketones (excluding diaryl/α,β-unsaturated/α-hetero) is 1. The molecule has 0 aliphatic heterocycles. The number of amidine groups is 1. The maximum atomic E-state index is 12.5. The topological polar surface area (TPSA) is 154 Å². The molecule has 0 saturated carbocycles. The Morgan fingerprint density at radius 3 is 2.14 bits per heavy atom. The van der Waals surface area contributed by atoms with E-state index in [1.54, 1.807) is 6.92 Å². The second-order valence-corrected chi connectivity index (χ2v) is 5.81. The van der Waals surface area contributed by atoms with Gasteiger partial charge in [0.05, 0.1) is 12.0 Å². The summed E-state index contributed by atoms with van der Waals surface area (Å²) in [6.07, 6.45) is 0. The minimum atomic E-state index is -1.35. The zero-order valence-corrected chi connectivity index (χ0v) is 14.9. The lowest BCUT2D eigenvalue weighted by atomic mass is 10.0. The Morgan fingerprint density at radius 1 is 1.07 bits per heavy atom. The number of aliphatic carboxylic acids is 1. The van der Waals surface area contributed by atoms with Crippen molar-refractivity contribution in [1.29, 1.82) is 0 Å². The van der Waals surface area contributed by atoms with E-state index in [4.69, 9.17) is 15.7 Å². The lowest BCUT2D eigenvalue weighted by Gasteiger charge is -2.14. The Bertz CT molecular complexity index is 891. The van der Waals surface area contributed by atoms with Gasteiger partial charge in [0.2, 0.25) is 0 Å². The largest absolute Gasteiger partial charge is 0.546 e. The standard InChI is InChI=1S/C19H19N3O6/c1-11(17(25)12-6-8-15(9-7-12)28-10-16(23)24)21-19(26)14-4-2-13(3-5-14)18(20)22-27/h2-9,11,27H,10H2,1H3,(H2,20,22)(H,21,26)(H,23,24)/p-1. The number of hydrogen-bond donors (Lipinski definition) is 3. The summed E-state index contributed by atoms with van der Waals surface area (Å²) in [6.45, 7) is 0.958. The van der Waals surface area contributed by atoms with E-state index < -0.39 is 24.5 Å². The molecule has 0 spiro atoms. The van der Waals surface area contributed by atoms with E-state index in [1.165, 1.54) is 48.5 Å². The lowest BCUT2D eigenvalue weighted by Crippen LogP contribution is -2.38. The van der Waals surface area contributed by atoms with Crippen LogP contribution in [0.4, 0.5) is 0 Å². The summed E-state index contributed by atoms with van der Waals surface area (Å²) < 4.78 is 4.94. The van der Waals surface area contributed by atoms with E-state index in [0.717, 1.165) is 0 Å². The van der Waals surface area contributed by atoms with Gasteiger partial charge in [-0.3, -0.25) is 9.59 Å². The fraction of sp³-hybridized carbons (Fsp3) is 0.158. The van der Waals surface area contributed by atoms with E-state index in [1.807, 2.05) is 0 Å². The number of ether oxygens (including phenoxy) is 1. The molecule has 2 aromatic carbocycles. The zero-order chi connectivity index (χ0) is 20.7. The first-order chi connectivity index (χ1) is 13.3. The van der Waals surface area contributed by atoms with Gasteiger partial charge in [0.1, 0.15) is 12.4 Å². The van der Waals surface area contributed by atoms with Crippen molar-refractivity contribution >= 4 is 23.5 Å². The van der Waals surface area contributed by atoms with Gasteiger partial charge in [-0.15, -0.1) is 0 Å². The predicted octanol–water partition coefficient (Wildman–Crippen LogP) is -0.0890. The third kappa shape index (κ3) is 5.31. The van der Waals surface area contributed by atoms with Crippen LogP contribution >= 0.6 is 0 Å². The molecule has 0 radical (unpaired) electrons. The fourth-order valence-electron chi connectivity index (χ4n) is 2.30. The number of carbonyl (C=O) groups excluding carboxylic acids is 3. The quantitative estimate of drug-likeness (QED) is 0.189. The molecule has 0 fully saturated rings. The van der Waals surface area contributed by atoms with Crippen molar-refractivity contribution in [1.82, 2.24) is 5.32 Å². The summed E-state index contributed by atoms with van der Waals surface area (Å²) in [5.41, 5.74) is 6.55. The van der Waals surface area contributed by atoms with Crippen LogP contribution in [-0.4, -0.2) is 41.4 Å². The highest BCUT2D eigenvalue weighted by atomic mass is 16.5. The van der Waals surface area contributed by atoms with Crippen molar-refractivity contribution < 1.29 is 29.4 Å². The molecule has 0 aromatic heterocycles. The minimum absolute atomic E-state index is 0.0810. The van der Waals surface area contributed by atoms with Crippen LogP contribution in [0.2, 0.25) is 0 Å². The molecule has 0 saturated heterocycles. The molecular weight excluding hydrogens is 366 g/mol. The first-order valence-corrected chi connectivity index (χ1v) is 8.17. The van der Waals surface area contributed by atoms with Gasteiger partial charge in [0, 0.05) is 16.7 Å². The molecule has 4 N–H and O–H groups in total. The van der Waals surface area contributed by atoms with E-state index in [9.17, 15) is 19.5 Å². The van der Waals surface area contributed by atoms with Gasteiger partial charge in [0.15, 0.2) is 11.6 Å². The third-order valence-electron chi connectivity index (χ3n) is 3.79. The molecule has 2 rings (SSSR count). The number of hydrogen-bond acceptors (Lipinski definition) is 7. The molecule has 146 valence electrons. The smallest absolute Gasteiger partial charge is 0.251 e.